The Morgan fingerprint density at radius 3 is 2.61 bits per heavy atom. The molecule has 18 heavy (non-hydrogen) atoms. The van der Waals surface area contributed by atoms with E-state index in [1.165, 1.54) is 12.1 Å². The second kappa shape index (κ2) is 6.23. The van der Waals surface area contributed by atoms with Crippen molar-refractivity contribution in [2.45, 2.75) is 25.5 Å². The van der Waals surface area contributed by atoms with Crippen molar-refractivity contribution >= 4 is 5.91 Å². The monoisotopic (exact) mass is 254 g/mol. The first-order valence-electron chi connectivity index (χ1n) is 5.62. The van der Waals surface area contributed by atoms with Crippen LogP contribution in [0.5, 0.6) is 11.5 Å². The average Bonchev–Trinajstić information content (AvgIpc) is 2.30. The number of aliphatic hydroxyl groups excluding tert-OH is 1. The van der Waals surface area contributed by atoms with Crippen LogP contribution in [-0.2, 0) is 11.2 Å². The van der Waals surface area contributed by atoms with Gasteiger partial charge in [-0.1, -0.05) is 6.07 Å². The Morgan fingerprint density at radius 1 is 1.39 bits per heavy atom. The number of hydrogen-bond acceptors (Lipinski definition) is 5. The third-order valence-corrected chi connectivity index (χ3v) is 2.40. The maximum Gasteiger partial charge on any atom is 0.237 e. The van der Waals surface area contributed by atoms with Crippen LogP contribution in [0, 0.1) is 0 Å². The molecule has 0 aliphatic heterocycles. The van der Waals surface area contributed by atoms with E-state index in [1.807, 2.05) is 0 Å². The summed E-state index contributed by atoms with van der Waals surface area (Å²) in [6, 6.07) is 3.51. The largest absolute Gasteiger partial charge is 0.504 e. The van der Waals surface area contributed by atoms with Crippen molar-refractivity contribution in [2.24, 2.45) is 5.73 Å². The van der Waals surface area contributed by atoms with Crippen LogP contribution in [0.3, 0.4) is 0 Å². The molecule has 0 aromatic heterocycles. The lowest BCUT2D eigenvalue weighted by atomic mass is 10.1. The zero-order valence-corrected chi connectivity index (χ0v) is 10.1. The van der Waals surface area contributed by atoms with E-state index in [0.29, 0.717) is 5.56 Å². The van der Waals surface area contributed by atoms with Gasteiger partial charge < -0.3 is 26.4 Å². The van der Waals surface area contributed by atoms with Gasteiger partial charge >= 0.3 is 0 Å². The van der Waals surface area contributed by atoms with Gasteiger partial charge in [-0.15, -0.1) is 0 Å². The summed E-state index contributed by atoms with van der Waals surface area (Å²) in [6.45, 7) is 1.71. The number of benzene rings is 1. The summed E-state index contributed by atoms with van der Waals surface area (Å²) in [4.78, 5) is 11.5. The van der Waals surface area contributed by atoms with Crippen LogP contribution in [0.1, 0.15) is 12.5 Å². The second-order valence-electron chi connectivity index (χ2n) is 4.23. The summed E-state index contributed by atoms with van der Waals surface area (Å²) in [5.74, 6) is -0.835. The minimum atomic E-state index is -0.771. The zero-order chi connectivity index (χ0) is 13.7. The lowest BCUT2D eigenvalue weighted by Crippen LogP contribution is -2.44. The van der Waals surface area contributed by atoms with E-state index in [-0.39, 0.29) is 30.4 Å². The maximum atomic E-state index is 11.5. The molecule has 0 saturated carbocycles. The molecule has 1 rings (SSSR count). The molecule has 0 unspecified atom stereocenters. The first kappa shape index (κ1) is 14.3. The molecule has 0 heterocycles. The topological polar surface area (TPSA) is 116 Å². The van der Waals surface area contributed by atoms with Crippen LogP contribution in [0.25, 0.3) is 0 Å². The van der Waals surface area contributed by atoms with Crippen LogP contribution < -0.4 is 11.1 Å². The molecule has 0 aliphatic rings. The van der Waals surface area contributed by atoms with Crippen molar-refractivity contribution in [1.82, 2.24) is 5.32 Å². The van der Waals surface area contributed by atoms with E-state index in [0.717, 1.165) is 0 Å². The molecule has 100 valence electrons. The third-order valence-electron chi connectivity index (χ3n) is 2.40. The van der Waals surface area contributed by atoms with Crippen LogP contribution in [0.2, 0.25) is 0 Å². The van der Waals surface area contributed by atoms with Crippen molar-refractivity contribution in [1.29, 1.82) is 0 Å². The normalized spacial score (nSPS) is 13.9. The summed E-state index contributed by atoms with van der Waals surface area (Å²) in [5, 5.41) is 30.0. The maximum absolute atomic E-state index is 11.5. The number of nitrogens with one attached hydrogen (secondary N) is 1. The summed E-state index contributed by atoms with van der Waals surface area (Å²) >= 11 is 0. The molecule has 6 N–H and O–H groups in total. The fourth-order valence-electron chi connectivity index (χ4n) is 1.42. The highest BCUT2D eigenvalue weighted by Gasteiger charge is 2.15. The van der Waals surface area contributed by atoms with Crippen molar-refractivity contribution < 1.29 is 20.1 Å². The number of carbonyl (C=O) groups excluding carboxylic acids is 1. The van der Waals surface area contributed by atoms with Crippen molar-refractivity contribution in [3.8, 4) is 11.5 Å². The van der Waals surface area contributed by atoms with Gasteiger partial charge in [-0.3, -0.25) is 4.79 Å². The SMILES string of the molecule is C[C@H](O)CNC(=O)[C@@H](N)Cc1ccc(O)c(O)c1. The van der Waals surface area contributed by atoms with Gasteiger partial charge in [0.05, 0.1) is 12.1 Å². The Bertz CT molecular complexity index is 421. The summed E-state index contributed by atoms with van der Waals surface area (Å²) < 4.78 is 0. The van der Waals surface area contributed by atoms with E-state index in [1.54, 1.807) is 13.0 Å². The summed E-state index contributed by atoms with van der Waals surface area (Å²) in [6.07, 6.45) is -0.390. The summed E-state index contributed by atoms with van der Waals surface area (Å²) in [7, 11) is 0. The molecule has 1 aromatic rings. The molecular formula is C12H18N2O4. The molecule has 1 aromatic carbocycles. The highest BCUT2D eigenvalue weighted by Crippen LogP contribution is 2.25. The van der Waals surface area contributed by atoms with Crippen molar-refractivity contribution in [2.75, 3.05) is 6.54 Å². The van der Waals surface area contributed by atoms with Gasteiger partial charge in [0.2, 0.25) is 5.91 Å². The number of nitrogens with two attached hydrogens (primary N) is 1. The van der Waals surface area contributed by atoms with E-state index in [4.69, 9.17) is 15.9 Å². The highest BCUT2D eigenvalue weighted by molar-refractivity contribution is 5.81. The fraction of sp³-hybridized carbons (Fsp3) is 0.417. The van der Waals surface area contributed by atoms with E-state index >= 15 is 0 Å². The first-order chi connectivity index (χ1) is 8.40. The lowest BCUT2D eigenvalue weighted by molar-refractivity contribution is -0.122. The first-order valence-corrected chi connectivity index (χ1v) is 5.62. The Hall–Kier alpha value is -1.79. The fourth-order valence-corrected chi connectivity index (χ4v) is 1.42. The van der Waals surface area contributed by atoms with Gasteiger partial charge in [-0.2, -0.15) is 0 Å². The number of carbonyl (C=O) groups is 1. The molecule has 2 atom stereocenters. The highest BCUT2D eigenvalue weighted by atomic mass is 16.3. The van der Waals surface area contributed by atoms with Crippen LogP contribution in [0.4, 0.5) is 0 Å². The minimum absolute atomic E-state index is 0.146. The summed E-state index contributed by atoms with van der Waals surface area (Å²) in [5.41, 5.74) is 6.33. The third kappa shape index (κ3) is 4.23. The number of rotatable bonds is 5. The van der Waals surface area contributed by atoms with E-state index in [9.17, 15) is 9.90 Å². The molecule has 6 nitrogen and oxygen atoms in total. The van der Waals surface area contributed by atoms with Gasteiger partial charge in [0.15, 0.2) is 11.5 Å². The van der Waals surface area contributed by atoms with Gasteiger partial charge in [0, 0.05) is 6.54 Å². The van der Waals surface area contributed by atoms with Gasteiger partial charge in [0.25, 0.3) is 0 Å². The standard InChI is InChI=1S/C12H18N2O4/c1-7(15)6-14-12(18)9(13)4-8-2-3-10(16)11(17)5-8/h2-3,5,7,9,15-17H,4,6,13H2,1H3,(H,14,18)/t7-,9-/m0/s1. The van der Waals surface area contributed by atoms with Gasteiger partial charge in [0.1, 0.15) is 0 Å². The lowest BCUT2D eigenvalue weighted by Gasteiger charge is -2.13. The Labute approximate surface area is 105 Å². The molecule has 0 radical (unpaired) electrons. The number of hydrogen-bond donors (Lipinski definition) is 5. The Morgan fingerprint density at radius 2 is 2.06 bits per heavy atom. The Balaban J connectivity index is 2.55. The zero-order valence-electron chi connectivity index (χ0n) is 10.1. The van der Waals surface area contributed by atoms with Crippen molar-refractivity contribution in [3.63, 3.8) is 0 Å². The van der Waals surface area contributed by atoms with Gasteiger partial charge in [-0.25, -0.2) is 0 Å². The van der Waals surface area contributed by atoms with Crippen LogP contribution >= 0.6 is 0 Å². The predicted octanol–water partition coefficient (Wildman–Crippen LogP) is -0.535. The molecule has 0 saturated heterocycles. The predicted molar refractivity (Wildman–Crippen MR) is 66.1 cm³/mol. The quantitative estimate of drug-likeness (QED) is 0.453. The molecule has 0 bridgehead atoms. The number of phenolic OH excluding ortho intramolecular Hbond substituents is 2. The number of phenols is 2. The smallest absolute Gasteiger partial charge is 0.237 e. The second-order valence-corrected chi connectivity index (χ2v) is 4.23. The van der Waals surface area contributed by atoms with Crippen LogP contribution in [-0.4, -0.2) is 39.9 Å². The molecule has 0 fully saturated rings. The van der Waals surface area contributed by atoms with Gasteiger partial charge in [-0.05, 0) is 31.0 Å². The Kier molecular flexibility index (Phi) is 4.94. The van der Waals surface area contributed by atoms with E-state index in [2.05, 4.69) is 5.32 Å². The average molecular weight is 254 g/mol. The number of aromatic hydroxyl groups is 2. The molecular weight excluding hydrogens is 236 g/mol. The molecule has 6 heteroatoms. The molecule has 1 amide bonds. The number of amides is 1. The molecule has 0 spiro atoms. The number of aliphatic hydroxyl groups is 1. The van der Waals surface area contributed by atoms with Crippen LogP contribution in [0.15, 0.2) is 18.2 Å². The molecule has 0 aliphatic carbocycles. The van der Waals surface area contributed by atoms with Crippen molar-refractivity contribution in [3.05, 3.63) is 23.8 Å². The van der Waals surface area contributed by atoms with E-state index < -0.39 is 12.1 Å². The minimum Gasteiger partial charge on any atom is -0.504 e.